The molecule has 1 amide bonds. The molecule has 0 aromatic carbocycles. The Morgan fingerprint density at radius 3 is 2.95 bits per heavy atom. The SMILES string of the molecule is CCN1CC[C@@H]2[C@@H](C1)OCCN2C(=O)[C@@H](C)CSC. The molecule has 0 radical (unpaired) electrons. The lowest BCUT2D eigenvalue weighted by molar-refractivity contribution is -0.155. The molecule has 2 fully saturated rings. The largest absolute Gasteiger partial charge is 0.373 e. The molecular formula is C14H26N2O2S. The summed E-state index contributed by atoms with van der Waals surface area (Å²) in [7, 11) is 0. The van der Waals surface area contributed by atoms with Gasteiger partial charge < -0.3 is 14.5 Å². The van der Waals surface area contributed by atoms with Gasteiger partial charge in [-0.2, -0.15) is 11.8 Å². The van der Waals surface area contributed by atoms with Crippen LogP contribution in [-0.4, -0.2) is 72.6 Å². The van der Waals surface area contributed by atoms with E-state index in [4.69, 9.17) is 4.74 Å². The van der Waals surface area contributed by atoms with E-state index in [-0.39, 0.29) is 12.0 Å². The fraction of sp³-hybridized carbons (Fsp3) is 0.929. The molecule has 0 aliphatic carbocycles. The molecule has 2 aliphatic heterocycles. The summed E-state index contributed by atoms with van der Waals surface area (Å²) < 4.78 is 5.89. The zero-order chi connectivity index (χ0) is 13.8. The van der Waals surface area contributed by atoms with E-state index in [0.717, 1.165) is 38.4 Å². The van der Waals surface area contributed by atoms with Crippen molar-refractivity contribution >= 4 is 17.7 Å². The molecular weight excluding hydrogens is 260 g/mol. The Kier molecular flexibility index (Phi) is 5.54. The highest BCUT2D eigenvalue weighted by atomic mass is 32.2. The van der Waals surface area contributed by atoms with Crippen LogP contribution in [0.15, 0.2) is 0 Å². The minimum absolute atomic E-state index is 0.123. The number of thioether (sulfide) groups is 1. The molecule has 19 heavy (non-hydrogen) atoms. The van der Waals surface area contributed by atoms with Gasteiger partial charge in [0.15, 0.2) is 0 Å². The molecule has 0 bridgehead atoms. The Balaban J connectivity index is 2.00. The lowest BCUT2D eigenvalue weighted by atomic mass is 9.97. The third-order valence-electron chi connectivity index (χ3n) is 4.24. The first-order valence-electron chi connectivity index (χ1n) is 7.30. The molecule has 0 N–H and O–H groups in total. The summed E-state index contributed by atoms with van der Waals surface area (Å²) in [4.78, 5) is 17.1. The van der Waals surface area contributed by atoms with Crippen LogP contribution < -0.4 is 0 Å². The van der Waals surface area contributed by atoms with E-state index in [1.807, 2.05) is 6.92 Å². The summed E-state index contributed by atoms with van der Waals surface area (Å²) >= 11 is 1.75. The number of nitrogens with zero attached hydrogens (tertiary/aromatic N) is 2. The van der Waals surface area contributed by atoms with Crippen LogP contribution in [-0.2, 0) is 9.53 Å². The molecule has 2 rings (SSSR count). The predicted molar refractivity (Wildman–Crippen MR) is 79.5 cm³/mol. The van der Waals surface area contributed by atoms with Gasteiger partial charge in [0.2, 0.25) is 5.91 Å². The lowest BCUT2D eigenvalue weighted by Gasteiger charge is -2.47. The van der Waals surface area contributed by atoms with Crippen LogP contribution in [0.2, 0.25) is 0 Å². The molecule has 2 saturated heterocycles. The number of morpholine rings is 1. The van der Waals surface area contributed by atoms with Crippen LogP contribution in [0.3, 0.4) is 0 Å². The van der Waals surface area contributed by atoms with E-state index in [1.165, 1.54) is 0 Å². The first kappa shape index (κ1) is 15.1. The van der Waals surface area contributed by atoms with Gasteiger partial charge in [0.25, 0.3) is 0 Å². The third kappa shape index (κ3) is 3.44. The maximum atomic E-state index is 12.5. The van der Waals surface area contributed by atoms with Gasteiger partial charge in [0, 0.05) is 31.3 Å². The Labute approximate surface area is 120 Å². The van der Waals surface area contributed by atoms with Gasteiger partial charge in [0.1, 0.15) is 0 Å². The maximum absolute atomic E-state index is 12.5. The van der Waals surface area contributed by atoms with Crippen molar-refractivity contribution in [1.29, 1.82) is 0 Å². The van der Waals surface area contributed by atoms with Gasteiger partial charge in [-0.25, -0.2) is 0 Å². The van der Waals surface area contributed by atoms with Crippen LogP contribution in [0.5, 0.6) is 0 Å². The molecule has 4 nitrogen and oxygen atoms in total. The number of piperidine rings is 1. The van der Waals surface area contributed by atoms with Gasteiger partial charge in [0.05, 0.1) is 18.8 Å². The molecule has 0 aromatic heterocycles. The van der Waals surface area contributed by atoms with E-state index in [1.54, 1.807) is 11.8 Å². The quantitative estimate of drug-likeness (QED) is 0.780. The lowest BCUT2D eigenvalue weighted by Crippen LogP contribution is -2.61. The van der Waals surface area contributed by atoms with Crippen LogP contribution in [0.1, 0.15) is 20.3 Å². The molecule has 0 aromatic rings. The average Bonchev–Trinajstić information content (AvgIpc) is 2.45. The summed E-state index contributed by atoms with van der Waals surface area (Å²) in [5, 5.41) is 0. The highest BCUT2D eigenvalue weighted by Gasteiger charge is 2.39. The second-order valence-electron chi connectivity index (χ2n) is 5.55. The number of likely N-dealkylation sites (tertiary alicyclic amines) is 1. The standard InChI is InChI=1S/C14H26N2O2S/c1-4-15-6-5-12-13(9-15)18-8-7-16(12)14(17)11(2)10-19-3/h11-13H,4-10H2,1-3H3/t11-,12+,13+/m0/s1. The molecule has 2 heterocycles. The molecule has 2 aliphatic rings. The second-order valence-corrected chi connectivity index (χ2v) is 6.46. The third-order valence-corrected chi connectivity index (χ3v) is 5.07. The number of amides is 1. The van der Waals surface area contributed by atoms with Gasteiger partial charge in [-0.1, -0.05) is 13.8 Å². The zero-order valence-corrected chi connectivity index (χ0v) is 13.1. The summed E-state index contributed by atoms with van der Waals surface area (Å²) in [6, 6.07) is 0.299. The Bertz CT molecular complexity index is 314. The molecule has 5 heteroatoms. The smallest absolute Gasteiger partial charge is 0.226 e. The molecule has 110 valence electrons. The van der Waals surface area contributed by atoms with Crippen molar-refractivity contribution in [3.63, 3.8) is 0 Å². The Morgan fingerprint density at radius 1 is 1.47 bits per heavy atom. The Hall–Kier alpha value is -0.260. The van der Waals surface area contributed by atoms with E-state index in [0.29, 0.717) is 18.6 Å². The number of ether oxygens (including phenoxy) is 1. The van der Waals surface area contributed by atoms with Gasteiger partial charge in [-0.15, -0.1) is 0 Å². The van der Waals surface area contributed by atoms with Crippen LogP contribution in [0, 0.1) is 5.92 Å². The minimum atomic E-state index is 0.123. The van der Waals surface area contributed by atoms with E-state index in [9.17, 15) is 4.79 Å². The number of rotatable bonds is 4. The van der Waals surface area contributed by atoms with Crippen LogP contribution in [0.25, 0.3) is 0 Å². The predicted octanol–water partition coefficient (Wildman–Crippen LogP) is 1.31. The fourth-order valence-corrected chi connectivity index (χ4v) is 3.76. The highest BCUT2D eigenvalue weighted by Crippen LogP contribution is 2.25. The van der Waals surface area contributed by atoms with Crippen molar-refractivity contribution < 1.29 is 9.53 Å². The number of carbonyl (C=O) groups excluding carboxylic acids is 1. The number of hydrogen-bond donors (Lipinski definition) is 0. The fourth-order valence-electron chi connectivity index (χ4n) is 3.12. The Morgan fingerprint density at radius 2 is 2.26 bits per heavy atom. The van der Waals surface area contributed by atoms with Crippen molar-refractivity contribution in [2.75, 3.05) is 44.8 Å². The van der Waals surface area contributed by atoms with E-state index >= 15 is 0 Å². The van der Waals surface area contributed by atoms with Crippen molar-refractivity contribution in [3.8, 4) is 0 Å². The summed E-state index contributed by atoms with van der Waals surface area (Å²) in [6.45, 7) is 8.82. The van der Waals surface area contributed by atoms with Crippen molar-refractivity contribution in [1.82, 2.24) is 9.80 Å². The number of carbonyl (C=O) groups is 1. The van der Waals surface area contributed by atoms with Gasteiger partial charge >= 0.3 is 0 Å². The minimum Gasteiger partial charge on any atom is -0.373 e. The molecule has 0 saturated carbocycles. The summed E-state index contributed by atoms with van der Waals surface area (Å²) in [6.07, 6.45) is 3.33. The zero-order valence-electron chi connectivity index (χ0n) is 12.3. The van der Waals surface area contributed by atoms with Gasteiger partial charge in [-0.3, -0.25) is 4.79 Å². The first-order valence-corrected chi connectivity index (χ1v) is 8.70. The van der Waals surface area contributed by atoms with Crippen molar-refractivity contribution in [3.05, 3.63) is 0 Å². The number of likely N-dealkylation sites (N-methyl/N-ethyl adjacent to an activating group) is 1. The van der Waals surface area contributed by atoms with Crippen molar-refractivity contribution in [2.45, 2.75) is 32.4 Å². The van der Waals surface area contributed by atoms with E-state index < -0.39 is 0 Å². The topological polar surface area (TPSA) is 32.8 Å². The van der Waals surface area contributed by atoms with Gasteiger partial charge in [-0.05, 0) is 19.2 Å². The first-order chi connectivity index (χ1) is 9.17. The molecule has 3 atom stereocenters. The number of fused-ring (bicyclic) bond motifs is 1. The normalized spacial score (nSPS) is 29.9. The molecule has 0 spiro atoms. The monoisotopic (exact) mass is 286 g/mol. The number of hydrogen-bond acceptors (Lipinski definition) is 4. The highest BCUT2D eigenvalue weighted by molar-refractivity contribution is 7.98. The van der Waals surface area contributed by atoms with Crippen LogP contribution in [0.4, 0.5) is 0 Å². The van der Waals surface area contributed by atoms with E-state index in [2.05, 4.69) is 23.0 Å². The summed E-state index contributed by atoms with van der Waals surface area (Å²) in [5.74, 6) is 1.35. The second kappa shape index (κ2) is 6.95. The van der Waals surface area contributed by atoms with Crippen LogP contribution >= 0.6 is 11.8 Å². The maximum Gasteiger partial charge on any atom is 0.226 e. The van der Waals surface area contributed by atoms with Crippen molar-refractivity contribution in [2.24, 2.45) is 5.92 Å². The summed E-state index contributed by atoms with van der Waals surface area (Å²) in [5.41, 5.74) is 0. The average molecular weight is 286 g/mol. The molecule has 0 unspecified atom stereocenters.